The van der Waals surface area contributed by atoms with E-state index >= 15 is 0 Å². The summed E-state index contributed by atoms with van der Waals surface area (Å²) in [4.78, 5) is 13.6. The number of nitrogens with zero attached hydrogens (tertiary/aromatic N) is 2. The number of carbonyl (C=O) groups excluding carboxylic acids is 1. The molecule has 36 heavy (non-hydrogen) atoms. The Morgan fingerprint density at radius 1 is 0.889 bits per heavy atom. The van der Waals surface area contributed by atoms with Gasteiger partial charge in [-0.3, -0.25) is 10.0 Å². The maximum atomic E-state index is 13.3. The van der Waals surface area contributed by atoms with Crippen LogP contribution in [0.1, 0.15) is 57.9 Å². The van der Waals surface area contributed by atoms with Crippen LogP contribution in [0.25, 0.3) is 0 Å². The molecule has 0 spiro atoms. The molecule has 4 bridgehead atoms. The lowest BCUT2D eigenvalue weighted by Crippen LogP contribution is -2.53. The second-order valence-electron chi connectivity index (χ2n) is 11.0. The molecule has 0 saturated heterocycles. The third kappa shape index (κ3) is 4.78. The topological polar surface area (TPSA) is 90.0 Å². The number of rotatable bonds is 9. The molecular weight excluding hydrogens is 474 g/mol. The van der Waals surface area contributed by atoms with Crippen molar-refractivity contribution < 1.29 is 18.4 Å². The van der Waals surface area contributed by atoms with Crippen LogP contribution in [0.3, 0.4) is 0 Å². The van der Waals surface area contributed by atoms with Crippen molar-refractivity contribution in [1.29, 1.82) is 0 Å². The van der Waals surface area contributed by atoms with Crippen molar-refractivity contribution in [1.82, 2.24) is 9.37 Å². The van der Waals surface area contributed by atoms with Gasteiger partial charge in [0.05, 0.1) is 16.9 Å². The van der Waals surface area contributed by atoms with Gasteiger partial charge in [-0.15, -0.1) is 0 Å². The molecule has 2 N–H and O–H groups in total. The minimum absolute atomic E-state index is 0.0939. The van der Waals surface area contributed by atoms with Gasteiger partial charge < -0.3 is 5.32 Å². The molecule has 2 aromatic rings. The monoisotopic (exact) mass is 511 g/mol. The van der Waals surface area contributed by atoms with Crippen molar-refractivity contribution in [3.05, 3.63) is 54.1 Å². The molecule has 6 rings (SSSR count). The summed E-state index contributed by atoms with van der Waals surface area (Å²) >= 11 is 0. The Morgan fingerprint density at radius 3 is 1.83 bits per heavy atom. The van der Waals surface area contributed by atoms with Crippen LogP contribution in [0.2, 0.25) is 0 Å². The third-order valence-electron chi connectivity index (χ3n) is 8.50. The van der Waals surface area contributed by atoms with Crippen LogP contribution in [0.15, 0.2) is 53.4 Å². The maximum Gasteiger partial charge on any atom is 0.252 e. The van der Waals surface area contributed by atoms with Crippen LogP contribution >= 0.6 is 0 Å². The first-order valence-electron chi connectivity index (χ1n) is 13.2. The number of benzene rings is 2. The Balaban J connectivity index is 1.20. The molecule has 4 aliphatic rings. The highest BCUT2D eigenvalue weighted by Crippen LogP contribution is 2.60. The molecule has 0 aromatic heterocycles. The fourth-order valence-electron chi connectivity index (χ4n) is 7.17. The van der Waals surface area contributed by atoms with Gasteiger partial charge in [0.1, 0.15) is 0 Å². The van der Waals surface area contributed by atoms with Gasteiger partial charge in [0.25, 0.3) is 5.91 Å². The van der Waals surface area contributed by atoms with Crippen LogP contribution in [-0.4, -0.2) is 42.0 Å². The molecule has 0 heterocycles. The molecule has 7 nitrogen and oxygen atoms in total. The van der Waals surface area contributed by atoms with Gasteiger partial charge in [0.2, 0.25) is 10.0 Å². The van der Waals surface area contributed by atoms with Crippen LogP contribution in [0.5, 0.6) is 0 Å². The first-order valence-corrected chi connectivity index (χ1v) is 14.6. The summed E-state index contributed by atoms with van der Waals surface area (Å²) < 4.78 is 26.8. The Morgan fingerprint density at radius 2 is 1.36 bits per heavy atom. The van der Waals surface area contributed by atoms with Crippen molar-refractivity contribution in [3.63, 3.8) is 0 Å². The first-order chi connectivity index (χ1) is 17.2. The van der Waals surface area contributed by atoms with E-state index in [1.165, 1.54) is 23.6 Å². The zero-order chi connectivity index (χ0) is 25.5. The van der Waals surface area contributed by atoms with Crippen molar-refractivity contribution in [3.8, 4) is 0 Å². The smallest absolute Gasteiger partial charge is 0.252 e. The lowest BCUT2D eigenvalue weighted by molar-refractivity contribution is -0.193. The third-order valence-corrected chi connectivity index (χ3v) is 10.6. The molecule has 2 aromatic carbocycles. The number of carbonyl (C=O) groups is 1. The highest BCUT2D eigenvalue weighted by Gasteiger charge is 2.55. The van der Waals surface area contributed by atoms with Crippen molar-refractivity contribution in [2.75, 3.05) is 18.4 Å². The fourth-order valence-corrected chi connectivity index (χ4v) is 8.63. The van der Waals surface area contributed by atoms with E-state index in [0.717, 1.165) is 41.3 Å². The molecule has 194 valence electrons. The maximum absolute atomic E-state index is 13.3. The van der Waals surface area contributed by atoms with Crippen LogP contribution in [0.4, 0.5) is 11.4 Å². The standard InChI is InChI=1S/C28H37N3O4S/c1-3-30(4-2)36(34,35)26-11-9-25(10-12-26)29-24-7-5-20(6-8-24)19-31(33)27(32)28-16-21-13-22(17-28)15-23(14-21)18-28/h5-12,21-23,29,33H,3-4,13-19H2,1-2H3. The molecule has 0 unspecified atom stereocenters. The van der Waals surface area contributed by atoms with Crippen LogP contribution < -0.4 is 5.32 Å². The molecule has 4 fully saturated rings. The normalized spacial score (nSPS) is 26.8. The fraction of sp³-hybridized carbons (Fsp3) is 0.536. The molecule has 4 aliphatic carbocycles. The zero-order valence-electron chi connectivity index (χ0n) is 21.2. The average molecular weight is 512 g/mol. The highest BCUT2D eigenvalue weighted by molar-refractivity contribution is 7.89. The lowest BCUT2D eigenvalue weighted by atomic mass is 9.49. The first kappa shape index (κ1) is 25.2. The van der Waals surface area contributed by atoms with Crippen molar-refractivity contribution in [2.24, 2.45) is 23.2 Å². The number of hydrogen-bond acceptors (Lipinski definition) is 5. The summed E-state index contributed by atoms with van der Waals surface area (Å²) in [7, 11) is -3.48. The van der Waals surface area contributed by atoms with Gasteiger partial charge in [0.15, 0.2) is 0 Å². The number of amides is 1. The summed E-state index contributed by atoms with van der Waals surface area (Å²) in [5.41, 5.74) is 2.13. The minimum Gasteiger partial charge on any atom is -0.356 e. The number of anilines is 2. The second-order valence-corrected chi connectivity index (χ2v) is 12.9. The van der Waals surface area contributed by atoms with Gasteiger partial charge in [-0.05, 0) is 98.2 Å². The predicted molar refractivity (Wildman–Crippen MR) is 139 cm³/mol. The largest absolute Gasteiger partial charge is 0.356 e. The SMILES string of the molecule is CCN(CC)S(=O)(=O)c1ccc(Nc2ccc(CN(O)C(=O)C34CC5CC(CC(C5)C3)C4)cc2)cc1. The van der Waals surface area contributed by atoms with Crippen LogP contribution in [0, 0.1) is 23.2 Å². The van der Waals surface area contributed by atoms with E-state index in [9.17, 15) is 18.4 Å². The molecule has 0 aliphatic heterocycles. The Bertz CT molecular complexity index is 1160. The molecule has 0 atom stereocenters. The summed E-state index contributed by atoms with van der Waals surface area (Å²) in [6.45, 7) is 4.71. The predicted octanol–water partition coefficient (Wildman–Crippen LogP) is 5.39. The highest BCUT2D eigenvalue weighted by atomic mass is 32.2. The number of sulfonamides is 1. The molecule has 0 radical (unpaired) electrons. The zero-order valence-corrected chi connectivity index (χ0v) is 22.0. The van der Waals surface area contributed by atoms with E-state index in [1.54, 1.807) is 24.3 Å². The van der Waals surface area contributed by atoms with Gasteiger partial charge in [0, 0.05) is 24.5 Å². The summed E-state index contributed by atoms with van der Waals surface area (Å²) in [6, 6.07) is 14.3. The van der Waals surface area contributed by atoms with Gasteiger partial charge in [-0.1, -0.05) is 26.0 Å². The Labute approximate surface area is 214 Å². The summed E-state index contributed by atoms with van der Waals surface area (Å²) in [6.07, 6.45) is 6.61. The van der Waals surface area contributed by atoms with Gasteiger partial charge in [-0.25, -0.2) is 13.5 Å². The Kier molecular flexibility index (Phi) is 6.87. The quantitative estimate of drug-likeness (QED) is 0.348. The average Bonchev–Trinajstić information content (AvgIpc) is 2.85. The minimum atomic E-state index is -3.48. The molecule has 1 amide bonds. The van der Waals surface area contributed by atoms with E-state index in [1.807, 2.05) is 38.1 Å². The van der Waals surface area contributed by atoms with E-state index in [4.69, 9.17) is 0 Å². The van der Waals surface area contributed by atoms with Crippen molar-refractivity contribution >= 4 is 27.3 Å². The number of hydrogen-bond donors (Lipinski definition) is 2. The molecule has 8 heteroatoms. The number of nitrogens with one attached hydrogen (secondary N) is 1. The summed E-state index contributed by atoms with van der Waals surface area (Å²) in [5.74, 6) is 1.88. The Hall–Kier alpha value is -2.42. The van der Waals surface area contributed by atoms with E-state index in [-0.39, 0.29) is 22.8 Å². The van der Waals surface area contributed by atoms with Gasteiger partial charge >= 0.3 is 0 Å². The van der Waals surface area contributed by atoms with Gasteiger partial charge in [-0.2, -0.15) is 4.31 Å². The summed E-state index contributed by atoms with van der Waals surface area (Å²) in [5, 5.41) is 14.9. The molecular formula is C28H37N3O4S. The van der Waals surface area contributed by atoms with Crippen molar-refractivity contribution in [2.45, 2.75) is 63.8 Å². The molecule has 4 saturated carbocycles. The van der Waals surface area contributed by atoms with E-state index in [2.05, 4.69) is 5.32 Å². The van der Waals surface area contributed by atoms with Crippen LogP contribution in [-0.2, 0) is 21.4 Å². The van der Waals surface area contributed by atoms with E-state index in [0.29, 0.717) is 30.8 Å². The lowest BCUT2D eigenvalue weighted by Gasteiger charge is -2.56. The number of hydroxylamine groups is 2. The van der Waals surface area contributed by atoms with E-state index < -0.39 is 10.0 Å². The second kappa shape index (κ2) is 9.80.